The van der Waals surface area contributed by atoms with Crippen LogP contribution < -0.4 is 5.32 Å². The highest BCUT2D eigenvalue weighted by Gasteiger charge is 2.54. The van der Waals surface area contributed by atoms with E-state index >= 15 is 0 Å². The molecule has 152 valence electrons. The molecule has 2 aliphatic rings. The minimum Gasteiger partial charge on any atom is -0.342 e. The Balaban J connectivity index is 1.44. The predicted octanol–water partition coefficient (Wildman–Crippen LogP) is 1.03. The number of amides is 4. The molecule has 2 saturated heterocycles. The van der Waals surface area contributed by atoms with Gasteiger partial charge in [0.25, 0.3) is 5.91 Å². The van der Waals surface area contributed by atoms with Crippen molar-refractivity contribution >= 4 is 17.8 Å². The lowest BCUT2D eigenvalue weighted by Crippen LogP contribution is -2.57. The molecule has 29 heavy (non-hydrogen) atoms. The van der Waals surface area contributed by atoms with Crippen LogP contribution in [0.4, 0.5) is 4.79 Å². The number of hydrogen-bond acceptors (Lipinski definition) is 5. The van der Waals surface area contributed by atoms with Crippen molar-refractivity contribution in [2.24, 2.45) is 5.92 Å². The van der Waals surface area contributed by atoms with Crippen molar-refractivity contribution in [3.05, 3.63) is 48.5 Å². The van der Waals surface area contributed by atoms with Crippen LogP contribution in [-0.4, -0.2) is 61.0 Å². The molecule has 0 saturated carbocycles. The van der Waals surface area contributed by atoms with E-state index < -0.39 is 5.54 Å². The number of benzene rings is 1. The second-order valence-corrected chi connectivity index (χ2v) is 7.71. The summed E-state index contributed by atoms with van der Waals surface area (Å²) in [5.74, 6) is -0.485. The molecule has 0 radical (unpaired) electrons. The van der Waals surface area contributed by atoms with E-state index in [1.165, 1.54) is 6.33 Å². The molecule has 2 aromatic rings. The second-order valence-electron chi connectivity index (χ2n) is 7.71. The van der Waals surface area contributed by atoms with Crippen LogP contribution in [0.25, 0.3) is 0 Å². The minimum atomic E-state index is -0.890. The molecule has 1 aromatic carbocycles. The maximum atomic E-state index is 12.8. The number of aromatic nitrogens is 3. The first-order chi connectivity index (χ1) is 14.0. The van der Waals surface area contributed by atoms with E-state index in [0.717, 1.165) is 5.56 Å². The van der Waals surface area contributed by atoms with E-state index in [0.29, 0.717) is 39.0 Å². The monoisotopic (exact) mass is 396 g/mol. The molecule has 2 aliphatic heterocycles. The first-order valence-corrected chi connectivity index (χ1v) is 9.78. The fourth-order valence-corrected chi connectivity index (χ4v) is 4.18. The number of imide groups is 1. The van der Waals surface area contributed by atoms with Gasteiger partial charge in [-0.3, -0.25) is 19.6 Å². The summed E-state index contributed by atoms with van der Waals surface area (Å²) >= 11 is 0. The summed E-state index contributed by atoms with van der Waals surface area (Å²) in [6.07, 6.45) is 3.89. The highest BCUT2D eigenvalue weighted by Crippen LogP contribution is 2.35. The number of urea groups is 1. The number of nitrogens with one attached hydrogen (secondary N) is 1. The van der Waals surface area contributed by atoms with Crippen molar-refractivity contribution < 1.29 is 14.4 Å². The SMILES string of the molecule is CC(Cn1cncn1)C(=O)N1CCC2(CC1)C(=O)NC(=O)N2Cc1ccccc1. The quantitative estimate of drug-likeness (QED) is 0.761. The minimum absolute atomic E-state index is 0.0229. The molecule has 2 fully saturated rings. The van der Waals surface area contributed by atoms with E-state index in [4.69, 9.17) is 0 Å². The number of nitrogens with zero attached hydrogens (tertiary/aromatic N) is 5. The standard InChI is InChI=1S/C20H24N6O3/c1-15(11-25-14-21-13-22-25)17(27)24-9-7-20(8-10-24)18(28)23-19(29)26(20)12-16-5-3-2-4-6-16/h2-6,13-15H,7-12H2,1H3,(H,23,28,29). The first-order valence-electron chi connectivity index (χ1n) is 9.78. The fraction of sp³-hybridized carbons (Fsp3) is 0.450. The predicted molar refractivity (Wildman–Crippen MR) is 103 cm³/mol. The lowest BCUT2D eigenvalue weighted by atomic mass is 9.85. The van der Waals surface area contributed by atoms with Gasteiger partial charge in [0.05, 0.1) is 12.5 Å². The number of carbonyl (C=O) groups is 3. The Hall–Kier alpha value is -3.23. The van der Waals surface area contributed by atoms with Gasteiger partial charge in [0, 0.05) is 19.6 Å². The maximum absolute atomic E-state index is 12.8. The summed E-state index contributed by atoms with van der Waals surface area (Å²) in [5.41, 5.74) is 0.0791. The number of rotatable bonds is 5. The van der Waals surface area contributed by atoms with Gasteiger partial charge in [-0.15, -0.1) is 0 Å². The normalized spacial score (nSPS) is 19.5. The van der Waals surface area contributed by atoms with Crippen LogP contribution in [0, 0.1) is 5.92 Å². The van der Waals surface area contributed by atoms with E-state index in [1.54, 1.807) is 20.8 Å². The van der Waals surface area contributed by atoms with Crippen LogP contribution in [0.1, 0.15) is 25.3 Å². The Bertz CT molecular complexity index is 890. The zero-order valence-electron chi connectivity index (χ0n) is 16.3. The molecule has 9 nitrogen and oxygen atoms in total. The summed E-state index contributed by atoms with van der Waals surface area (Å²) < 4.78 is 1.64. The van der Waals surface area contributed by atoms with Crippen LogP contribution in [0.2, 0.25) is 0 Å². The molecule has 1 spiro atoms. The Morgan fingerprint density at radius 2 is 1.93 bits per heavy atom. The summed E-state index contributed by atoms with van der Waals surface area (Å²) in [6.45, 7) is 3.57. The number of likely N-dealkylation sites (tertiary alicyclic amines) is 1. The number of piperidine rings is 1. The molecule has 1 N–H and O–H groups in total. The van der Waals surface area contributed by atoms with Gasteiger partial charge >= 0.3 is 6.03 Å². The zero-order chi connectivity index (χ0) is 20.4. The third-order valence-corrected chi connectivity index (χ3v) is 5.84. The molecule has 4 rings (SSSR count). The van der Waals surface area contributed by atoms with Crippen molar-refractivity contribution in [3.63, 3.8) is 0 Å². The van der Waals surface area contributed by atoms with Crippen LogP contribution in [0.15, 0.2) is 43.0 Å². The van der Waals surface area contributed by atoms with Gasteiger partial charge in [-0.1, -0.05) is 37.3 Å². The van der Waals surface area contributed by atoms with Crippen LogP contribution in [0.3, 0.4) is 0 Å². The highest BCUT2D eigenvalue weighted by molar-refractivity contribution is 6.07. The fourth-order valence-electron chi connectivity index (χ4n) is 4.18. The topological polar surface area (TPSA) is 100 Å². The smallest absolute Gasteiger partial charge is 0.325 e. The third kappa shape index (κ3) is 3.59. The first kappa shape index (κ1) is 19.1. The van der Waals surface area contributed by atoms with E-state index in [1.807, 2.05) is 37.3 Å². The second kappa shape index (κ2) is 7.65. The molecular formula is C20H24N6O3. The zero-order valence-corrected chi connectivity index (χ0v) is 16.3. The van der Waals surface area contributed by atoms with Gasteiger partial charge in [0.15, 0.2) is 0 Å². The largest absolute Gasteiger partial charge is 0.342 e. The van der Waals surface area contributed by atoms with Gasteiger partial charge in [-0.25, -0.2) is 9.78 Å². The molecule has 0 bridgehead atoms. The van der Waals surface area contributed by atoms with Gasteiger partial charge in [-0.2, -0.15) is 5.10 Å². The van der Waals surface area contributed by atoms with Crippen molar-refractivity contribution in [1.29, 1.82) is 0 Å². The van der Waals surface area contributed by atoms with E-state index in [-0.39, 0.29) is 23.8 Å². The van der Waals surface area contributed by atoms with Gasteiger partial charge in [0.2, 0.25) is 5.91 Å². The van der Waals surface area contributed by atoms with E-state index in [9.17, 15) is 14.4 Å². The molecule has 4 amide bonds. The maximum Gasteiger partial charge on any atom is 0.325 e. The van der Waals surface area contributed by atoms with Crippen molar-refractivity contribution in [2.45, 2.75) is 38.4 Å². The Morgan fingerprint density at radius 3 is 2.59 bits per heavy atom. The van der Waals surface area contributed by atoms with Crippen molar-refractivity contribution in [2.75, 3.05) is 13.1 Å². The summed E-state index contributed by atoms with van der Waals surface area (Å²) in [4.78, 5) is 45.3. The molecule has 9 heteroatoms. The van der Waals surface area contributed by atoms with Gasteiger partial charge in [-0.05, 0) is 18.4 Å². The summed E-state index contributed by atoms with van der Waals surface area (Å²) in [7, 11) is 0. The van der Waals surface area contributed by atoms with Gasteiger partial charge < -0.3 is 9.80 Å². The summed E-state index contributed by atoms with van der Waals surface area (Å²) in [5, 5.41) is 6.52. The Kier molecular flexibility index (Phi) is 5.04. The molecular weight excluding hydrogens is 372 g/mol. The van der Waals surface area contributed by atoms with E-state index in [2.05, 4.69) is 15.4 Å². The lowest BCUT2D eigenvalue weighted by Gasteiger charge is -2.42. The Labute approximate surface area is 168 Å². The van der Waals surface area contributed by atoms with Crippen molar-refractivity contribution in [1.82, 2.24) is 29.9 Å². The molecule has 1 unspecified atom stereocenters. The molecule has 3 heterocycles. The highest BCUT2D eigenvalue weighted by atomic mass is 16.2. The molecule has 0 aliphatic carbocycles. The third-order valence-electron chi connectivity index (χ3n) is 5.84. The van der Waals surface area contributed by atoms with Crippen LogP contribution >= 0.6 is 0 Å². The molecule has 1 atom stereocenters. The number of carbonyl (C=O) groups excluding carboxylic acids is 3. The summed E-state index contributed by atoms with van der Waals surface area (Å²) in [6, 6.07) is 9.26. The number of hydrogen-bond donors (Lipinski definition) is 1. The average Bonchev–Trinajstić information content (AvgIpc) is 3.32. The lowest BCUT2D eigenvalue weighted by molar-refractivity contribution is -0.141. The Morgan fingerprint density at radius 1 is 1.21 bits per heavy atom. The van der Waals surface area contributed by atoms with Crippen LogP contribution in [-0.2, 0) is 22.7 Å². The average molecular weight is 396 g/mol. The van der Waals surface area contributed by atoms with Crippen molar-refractivity contribution in [3.8, 4) is 0 Å². The molecule has 1 aromatic heterocycles. The van der Waals surface area contributed by atoms with Crippen LogP contribution in [0.5, 0.6) is 0 Å². The van der Waals surface area contributed by atoms with Gasteiger partial charge in [0.1, 0.15) is 18.2 Å².